The number of piperidine rings is 1. The van der Waals surface area contributed by atoms with E-state index in [4.69, 9.17) is 14.2 Å². The monoisotopic (exact) mass is 418 g/mol. The van der Waals surface area contributed by atoms with E-state index < -0.39 is 0 Å². The molecule has 1 aromatic carbocycles. The molecular weight excluding hydrogens is 384 g/mol. The molecule has 1 aromatic rings. The van der Waals surface area contributed by atoms with Gasteiger partial charge in [-0.15, -0.1) is 0 Å². The number of carbonyl (C=O) groups excluding carboxylic acids is 2. The van der Waals surface area contributed by atoms with E-state index >= 15 is 0 Å². The van der Waals surface area contributed by atoms with Crippen LogP contribution in [0.1, 0.15) is 50.9 Å². The van der Waals surface area contributed by atoms with E-state index in [0.717, 1.165) is 0 Å². The summed E-state index contributed by atoms with van der Waals surface area (Å²) in [5, 5.41) is 0. The molecule has 0 radical (unpaired) electrons. The highest BCUT2D eigenvalue weighted by atomic mass is 16.5. The summed E-state index contributed by atoms with van der Waals surface area (Å²) in [7, 11) is 0. The number of ether oxygens (including phenoxy) is 3. The van der Waals surface area contributed by atoms with Crippen molar-refractivity contribution < 1.29 is 23.8 Å². The van der Waals surface area contributed by atoms with Gasteiger partial charge in [-0.2, -0.15) is 0 Å². The fourth-order valence-electron chi connectivity index (χ4n) is 4.31. The highest BCUT2D eigenvalue weighted by Gasteiger charge is 2.33. The zero-order valence-corrected chi connectivity index (χ0v) is 18.6. The Morgan fingerprint density at radius 3 is 2.17 bits per heavy atom. The Morgan fingerprint density at radius 2 is 1.57 bits per heavy atom. The summed E-state index contributed by atoms with van der Waals surface area (Å²) in [6.45, 7) is 11.3. The van der Waals surface area contributed by atoms with Gasteiger partial charge in [-0.05, 0) is 58.7 Å². The van der Waals surface area contributed by atoms with Gasteiger partial charge in [0.1, 0.15) is 0 Å². The SMILES string of the molecule is CCOc1ccc(C(=O)N2CCC(C(=O)N3CC(C)OC(C)C3)CC2)cc1OCC. The van der Waals surface area contributed by atoms with Crippen molar-refractivity contribution >= 4 is 11.8 Å². The number of likely N-dealkylation sites (tertiary alicyclic amines) is 1. The van der Waals surface area contributed by atoms with Crippen molar-refractivity contribution in [1.82, 2.24) is 9.80 Å². The standard InChI is InChI=1S/C23H34N2O5/c1-5-28-20-8-7-19(13-21(20)29-6-2)23(27)24-11-9-18(10-12-24)22(26)25-14-16(3)30-17(4)15-25/h7-8,13,16-18H,5-6,9-12,14-15H2,1-4H3. The molecule has 2 fully saturated rings. The molecular formula is C23H34N2O5. The van der Waals surface area contributed by atoms with Crippen LogP contribution in [-0.2, 0) is 9.53 Å². The molecule has 0 saturated carbocycles. The van der Waals surface area contributed by atoms with Gasteiger partial charge in [-0.3, -0.25) is 9.59 Å². The maximum absolute atomic E-state index is 13.0. The van der Waals surface area contributed by atoms with E-state index in [-0.39, 0.29) is 29.9 Å². The van der Waals surface area contributed by atoms with Gasteiger partial charge < -0.3 is 24.0 Å². The van der Waals surface area contributed by atoms with Gasteiger partial charge in [0, 0.05) is 37.7 Å². The maximum Gasteiger partial charge on any atom is 0.253 e. The fourth-order valence-corrected chi connectivity index (χ4v) is 4.31. The summed E-state index contributed by atoms with van der Waals surface area (Å²) >= 11 is 0. The van der Waals surface area contributed by atoms with Crippen LogP contribution < -0.4 is 9.47 Å². The van der Waals surface area contributed by atoms with Gasteiger partial charge in [-0.1, -0.05) is 0 Å². The topological polar surface area (TPSA) is 68.3 Å². The quantitative estimate of drug-likeness (QED) is 0.711. The number of hydrogen-bond donors (Lipinski definition) is 0. The highest BCUT2D eigenvalue weighted by molar-refractivity contribution is 5.95. The molecule has 7 heteroatoms. The summed E-state index contributed by atoms with van der Waals surface area (Å²) in [4.78, 5) is 29.7. The molecule has 0 N–H and O–H groups in total. The number of amides is 2. The molecule has 2 unspecified atom stereocenters. The number of rotatable bonds is 6. The van der Waals surface area contributed by atoms with Gasteiger partial charge in [-0.25, -0.2) is 0 Å². The molecule has 30 heavy (non-hydrogen) atoms. The van der Waals surface area contributed by atoms with Crippen LogP contribution in [0.25, 0.3) is 0 Å². The second-order valence-electron chi connectivity index (χ2n) is 8.09. The lowest BCUT2D eigenvalue weighted by atomic mass is 9.94. The van der Waals surface area contributed by atoms with Crippen molar-refractivity contribution in [2.24, 2.45) is 5.92 Å². The number of carbonyl (C=O) groups is 2. The van der Waals surface area contributed by atoms with Gasteiger partial charge >= 0.3 is 0 Å². The minimum absolute atomic E-state index is 0.0223. The van der Waals surface area contributed by atoms with E-state index in [1.54, 1.807) is 18.2 Å². The third-order valence-corrected chi connectivity index (χ3v) is 5.65. The summed E-state index contributed by atoms with van der Waals surface area (Å²) in [5.41, 5.74) is 0.586. The number of benzene rings is 1. The lowest BCUT2D eigenvalue weighted by molar-refractivity contribution is -0.148. The van der Waals surface area contributed by atoms with E-state index in [9.17, 15) is 9.59 Å². The predicted molar refractivity (Wildman–Crippen MR) is 114 cm³/mol. The van der Waals surface area contributed by atoms with Crippen molar-refractivity contribution in [3.63, 3.8) is 0 Å². The second kappa shape index (κ2) is 10.2. The molecule has 0 aromatic heterocycles. The Morgan fingerprint density at radius 1 is 0.967 bits per heavy atom. The zero-order chi connectivity index (χ0) is 21.7. The van der Waals surface area contributed by atoms with Gasteiger partial charge in [0.15, 0.2) is 11.5 Å². The van der Waals surface area contributed by atoms with Crippen molar-refractivity contribution in [1.29, 1.82) is 0 Å². The van der Waals surface area contributed by atoms with Gasteiger partial charge in [0.2, 0.25) is 5.91 Å². The first-order valence-corrected chi connectivity index (χ1v) is 11.1. The minimum atomic E-state index is -0.0292. The number of hydrogen-bond acceptors (Lipinski definition) is 5. The normalized spacial score (nSPS) is 22.7. The molecule has 2 aliphatic rings. The van der Waals surface area contributed by atoms with E-state index in [1.807, 2.05) is 37.5 Å². The molecule has 3 rings (SSSR count). The largest absolute Gasteiger partial charge is 0.490 e. The van der Waals surface area contributed by atoms with Crippen LogP contribution in [0, 0.1) is 5.92 Å². The zero-order valence-electron chi connectivity index (χ0n) is 18.6. The predicted octanol–water partition coefficient (Wildman–Crippen LogP) is 2.97. The van der Waals surface area contributed by atoms with Crippen LogP contribution in [0.2, 0.25) is 0 Å². The van der Waals surface area contributed by atoms with E-state index in [2.05, 4.69) is 0 Å². The summed E-state index contributed by atoms with van der Waals surface area (Å²) in [5.74, 6) is 1.38. The Labute approximate surface area is 179 Å². The third-order valence-electron chi connectivity index (χ3n) is 5.65. The molecule has 166 valence electrons. The van der Waals surface area contributed by atoms with E-state index in [1.165, 1.54) is 0 Å². The van der Waals surface area contributed by atoms with Gasteiger partial charge in [0.05, 0.1) is 25.4 Å². The van der Waals surface area contributed by atoms with Crippen LogP contribution in [0.3, 0.4) is 0 Å². The summed E-state index contributed by atoms with van der Waals surface area (Å²) < 4.78 is 17.0. The van der Waals surface area contributed by atoms with E-state index in [0.29, 0.717) is 69.3 Å². The molecule has 0 aliphatic carbocycles. The summed E-state index contributed by atoms with van der Waals surface area (Å²) in [6.07, 6.45) is 1.53. The molecule has 2 aliphatic heterocycles. The van der Waals surface area contributed by atoms with Crippen molar-refractivity contribution in [2.45, 2.75) is 52.7 Å². The molecule has 2 saturated heterocycles. The molecule has 0 bridgehead atoms. The number of nitrogens with zero attached hydrogens (tertiary/aromatic N) is 2. The van der Waals surface area contributed by atoms with Gasteiger partial charge in [0.25, 0.3) is 5.91 Å². The Balaban J connectivity index is 1.60. The lowest BCUT2D eigenvalue weighted by Gasteiger charge is -2.39. The van der Waals surface area contributed by atoms with Crippen LogP contribution in [0.4, 0.5) is 0 Å². The van der Waals surface area contributed by atoms with Crippen molar-refractivity contribution in [3.8, 4) is 11.5 Å². The summed E-state index contributed by atoms with van der Waals surface area (Å²) in [6, 6.07) is 5.33. The molecule has 0 spiro atoms. The lowest BCUT2D eigenvalue weighted by Crippen LogP contribution is -2.51. The first-order chi connectivity index (χ1) is 14.4. The average molecular weight is 419 g/mol. The molecule has 7 nitrogen and oxygen atoms in total. The maximum atomic E-state index is 13.0. The average Bonchev–Trinajstić information content (AvgIpc) is 2.73. The second-order valence-corrected chi connectivity index (χ2v) is 8.09. The first kappa shape index (κ1) is 22.4. The fraction of sp³-hybridized carbons (Fsp3) is 0.652. The first-order valence-electron chi connectivity index (χ1n) is 11.1. The van der Waals surface area contributed by atoms with Crippen molar-refractivity contribution in [2.75, 3.05) is 39.4 Å². The highest BCUT2D eigenvalue weighted by Crippen LogP contribution is 2.30. The Kier molecular flexibility index (Phi) is 7.58. The molecule has 2 heterocycles. The Hall–Kier alpha value is -2.28. The van der Waals surface area contributed by atoms with Crippen LogP contribution in [-0.4, -0.2) is 73.2 Å². The third kappa shape index (κ3) is 5.25. The Bertz CT molecular complexity index is 735. The van der Waals surface area contributed by atoms with Crippen LogP contribution in [0.5, 0.6) is 11.5 Å². The molecule has 2 amide bonds. The molecule has 2 atom stereocenters. The van der Waals surface area contributed by atoms with Crippen molar-refractivity contribution in [3.05, 3.63) is 23.8 Å². The smallest absolute Gasteiger partial charge is 0.253 e. The van der Waals surface area contributed by atoms with Crippen LogP contribution >= 0.6 is 0 Å². The minimum Gasteiger partial charge on any atom is -0.490 e. The number of morpholine rings is 1. The van der Waals surface area contributed by atoms with Crippen LogP contribution in [0.15, 0.2) is 18.2 Å².